The number of hydrogen-bond acceptors (Lipinski definition) is 5. The summed E-state index contributed by atoms with van der Waals surface area (Å²) in [6.07, 6.45) is 0.962. The Morgan fingerprint density at radius 1 is 1.25 bits per heavy atom. The van der Waals surface area contributed by atoms with Crippen LogP contribution in [0.25, 0.3) is 0 Å². The number of esters is 1. The third-order valence-electron chi connectivity index (χ3n) is 5.85. The zero-order chi connectivity index (χ0) is 23.8. The molecule has 32 heavy (non-hydrogen) atoms. The number of piperidine rings is 1. The number of halogens is 2. The molecule has 1 aliphatic heterocycles. The number of benzene rings is 1. The number of nitrogens with zero attached hydrogens (tertiary/aromatic N) is 2. The maximum Gasteiger partial charge on any atom is 0.341 e. The average Bonchev–Trinajstić information content (AvgIpc) is 3.00. The lowest BCUT2D eigenvalue weighted by atomic mass is 9.99. The second kappa shape index (κ2) is 9.21. The van der Waals surface area contributed by atoms with Gasteiger partial charge in [-0.05, 0) is 44.9 Å². The van der Waals surface area contributed by atoms with Gasteiger partial charge in [0.15, 0.2) is 0 Å². The number of methoxy groups -OCH3 is 1. The molecule has 1 amide bonds. The molecule has 0 saturated carbocycles. The molecule has 1 saturated heterocycles. The predicted octanol–water partition coefficient (Wildman–Crippen LogP) is 3.26. The van der Waals surface area contributed by atoms with Crippen molar-refractivity contribution in [2.45, 2.75) is 31.6 Å². The minimum Gasteiger partial charge on any atom is -0.465 e. The van der Waals surface area contributed by atoms with Gasteiger partial charge in [-0.25, -0.2) is 17.6 Å². The predicted molar refractivity (Wildman–Crippen MR) is 118 cm³/mol. The van der Waals surface area contributed by atoms with E-state index in [1.54, 1.807) is 25.5 Å². The molecule has 1 atom stereocenters. The van der Waals surface area contributed by atoms with Crippen molar-refractivity contribution in [3.63, 3.8) is 0 Å². The molecule has 3 rings (SSSR count). The van der Waals surface area contributed by atoms with Gasteiger partial charge in [-0.3, -0.25) is 4.79 Å². The standard InChI is InChI=1S/C21H25ClFN3O5S/c1-12-18(21(28)31-4)19(13(2)25(12)3)32(29,30)26-9-5-6-14(11-26)20(27)24-15-7-8-17(23)16(22)10-15/h7-8,10,14H,5-6,9,11H2,1-4H3,(H,24,27)/t14-/m0/s1. The van der Waals surface area contributed by atoms with Crippen molar-refractivity contribution in [1.82, 2.24) is 8.87 Å². The molecule has 0 aliphatic carbocycles. The molecule has 2 aromatic rings. The van der Waals surface area contributed by atoms with Crippen molar-refractivity contribution in [3.8, 4) is 0 Å². The van der Waals surface area contributed by atoms with Gasteiger partial charge in [0.1, 0.15) is 16.3 Å². The van der Waals surface area contributed by atoms with E-state index >= 15 is 0 Å². The molecule has 0 radical (unpaired) electrons. The smallest absolute Gasteiger partial charge is 0.341 e. The molecule has 11 heteroatoms. The third kappa shape index (κ3) is 4.39. The normalized spacial score (nSPS) is 17.2. The fraction of sp³-hybridized carbons (Fsp3) is 0.429. The van der Waals surface area contributed by atoms with Gasteiger partial charge in [-0.1, -0.05) is 11.6 Å². The molecule has 1 aliphatic rings. The Hall–Kier alpha value is -2.43. The van der Waals surface area contributed by atoms with Gasteiger partial charge in [0.05, 0.1) is 18.1 Å². The zero-order valence-electron chi connectivity index (χ0n) is 18.2. The summed E-state index contributed by atoms with van der Waals surface area (Å²) in [4.78, 5) is 25.0. The molecular weight excluding hydrogens is 461 g/mol. The summed E-state index contributed by atoms with van der Waals surface area (Å²) < 4.78 is 48.1. The van der Waals surface area contributed by atoms with Crippen molar-refractivity contribution in [2.75, 3.05) is 25.5 Å². The minimum absolute atomic E-state index is 0.0000269. The van der Waals surface area contributed by atoms with Crippen molar-refractivity contribution in [2.24, 2.45) is 13.0 Å². The molecule has 1 N–H and O–H groups in total. The van der Waals surface area contributed by atoms with Gasteiger partial charge in [-0.15, -0.1) is 0 Å². The van der Waals surface area contributed by atoms with Crippen molar-refractivity contribution < 1.29 is 27.1 Å². The van der Waals surface area contributed by atoms with E-state index in [9.17, 15) is 22.4 Å². The van der Waals surface area contributed by atoms with Crippen LogP contribution in [-0.2, 0) is 26.6 Å². The summed E-state index contributed by atoms with van der Waals surface area (Å²) in [5.41, 5.74) is 1.21. The van der Waals surface area contributed by atoms with E-state index in [0.717, 1.165) is 6.07 Å². The van der Waals surface area contributed by atoms with Crippen LogP contribution in [0.4, 0.5) is 10.1 Å². The van der Waals surface area contributed by atoms with Crippen molar-refractivity contribution in [3.05, 3.63) is 46.0 Å². The number of ether oxygens (including phenoxy) is 1. The van der Waals surface area contributed by atoms with Crippen LogP contribution in [0, 0.1) is 25.6 Å². The van der Waals surface area contributed by atoms with Gasteiger partial charge in [0.25, 0.3) is 0 Å². The van der Waals surface area contributed by atoms with Crippen LogP contribution in [-0.4, -0.2) is 49.4 Å². The minimum atomic E-state index is -4.07. The first-order valence-corrected chi connectivity index (χ1v) is 11.8. The number of hydrogen-bond donors (Lipinski definition) is 1. The highest BCUT2D eigenvalue weighted by atomic mass is 35.5. The number of carbonyl (C=O) groups is 2. The molecule has 8 nitrogen and oxygen atoms in total. The van der Waals surface area contributed by atoms with Crippen LogP contribution in [0.1, 0.15) is 34.6 Å². The Morgan fingerprint density at radius 3 is 2.56 bits per heavy atom. The van der Waals surface area contributed by atoms with Crippen LogP contribution >= 0.6 is 11.6 Å². The highest BCUT2D eigenvalue weighted by Crippen LogP contribution is 2.32. The van der Waals surface area contributed by atoms with E-state index < -0.39 is 27.7 Å². The fourth-order valence-electron chi connectivity index (χ4n) is 3.90. The third-order valence-corrected chi connectivity index (χ3v) is 8.17. The lowest BCUT2D eigenvalue weighted by Crippen LogP contribution is -2.44. The fourth-order valence-corrected chi connectivity index (χ4v) is 6.08. The highest BCUT2D eigenvalue weighted by Gasteiger charge is 2.38. The van der Waals surface area contributed by atoms with Gasteiger partial charge < -0.3 is 14.6 Å². The van der Waals surface area contributed by atoms with Gasteiger partial charge in [-0.2, -0.15) is 4.31 Å². The number of rotatable bonds is 5. The Kier molecular flexibility index (Phi) is 6.97. The van der Waals surface area contributed by atoms with E-state index in [2.05, 4.69) is 5.32 Å². The van der Waals surface area contributed by atoms with Gasteiger partial charge in [0.2, 0.25) is 15.9 Å². The number of carbonyl (C=O) groups excluding carboxylic acids is 2. The van der Waals surface area contributed by atoms with Crippen LogP contribution < -0.4 is 5.32 Å². The van der Waals surface area contributed by atoms with Crippen molar-refractivity contribution >= 4 is 39.2 Å². The quantitative estimate of drug-likeness (QED) is 0.655. The lowest BCUT2D eigenvalue weighted by molar-refractivity contribution is -0.120. The molecule has 174 valence electrons. The molecule has 1 aromatic heterocycles. The topological polar surface area (TPSA) is 97.7 Å². The molecule has 0 bridgehead atoms. The largest absolute Gasteiger partial charge is 0.465 e. The number of anilines is 1. The maximum absolute atomic E-state index is 13.5. The van der Waals surface area contributed by atoms with Crippen LogP contribution in [0.5, 0.6) is 0 Å². The molecule has 0 spiro atoms. The molecule has 1 aromatic carbocycles. The summed E-state index contributed by atoms with van der Waals surface area (Å²) in [7, 11) is -1.20. The summed E-state index contributed by atoms with van der Waals surface area (Å²) in [5.74, 6) is -2.34. The Balaban J connectivity index is 1.87. The van der Waals surface area contributed by atoms with Crippen molar-refractivity contribution in [1.29, 1.82) is 0 Å². The number of aromatic nitrogens is 1. The van der Waals surface area contributed by atoms with Gasteiger partial charge >= 0.3 is 5.97 Å². The molecule has 0 unspecified atom stereocenters. The van der Waals surface area contributed by atoms with E-state index in [1.807, 2.05) is 0 Å². The first kappa shape index (κ1) is 24.2. The molecular formula is C21H25ClFN3O5S. The summed E-state index contributed by atoms with van der Waals surface area (Å²) in [6, 6.07) is 3.82. The lowest BCUT2D eigenvalue weighted by Gasteiger charge is -2.31. The van der Waals surface area contributed by atoms with Crippen LogP contribution in [0.2, 0.25) is 5.02 Å². The first-order chi connectivity index (χ1) is 15.0. The molecule has 2 heterocycles. The van der Waals surface area contributed by atoms with E-state index in [1.165, 1.54) is 23.5 Å². The average molecular weight is 486 g/mol. The summed E-state index contributed by atoms with van der Waals surface area (Å²) >= 11 is 5.76. The van der Waals surface area contributed by atoms with Gasteiger partial charge in [0, 0.05) is 37.2 Å². The SMILES string of the molecule is COC(=O)c1c(S(=O)(=O)N2CCC[C@H](C(=O)Nc3ccc(F)c(Cl)c3)C2)c(C)n(C)c1C. The second-order valence-electron chi connectivity index (χ2n) is 7.75. The Bertz CT molecular complexity index is 1180. The Labute approximate surface area is 191 Å². The number of sulfonamides is 1. The number of amides is 1. The van der Waals surface area contributed by atoms with E-state index in [4.69, 9.17) is 16.3 Å². The van der Waals surface area contributed by atoms with E-state index in [0.29, 0.717) is 29.9 Å². The maximum atomic E-state index is 13.5. The highest BCUT2D eigenvalue weighted by molar-refractivity contribution is 7.89. The zero-order valence-corrected chi connectivity index (χ0v) is 19.8. The van der Waals surface area contributed by atoms with Crippen LogP contribution in [0.15, 0.2) is 23.1 Å². The number of nitrogens with one attached hydrogen (secondary N) is 1. The second-order valence-corrected chi connectivity index (χ2v) is 10.0. The van der Waals surface area contributed by atoms with Crippen LogP contribution in [0.3, 0.4) is 0 Å². The molecule has 1 fully saturated rings. The first-order valence-electron chi connectivity index (χ1n) is 9.99. The Morgan fingerprint density at radius 2 is 1.94 bits per heavy atom. The summed E-state index contributed by atoms with van der Waals surface area (Å²) in [6.45, 7) is 3.46. The monoisotopic (exact) mass is 485 g/mol. The summed E-state index contributed by atoms with van der Waals surface area (Å²) in [5, 5.41) is 2.54. The van der Waals surface area contributed by atoms with E-state index in [-0.39, 0.29) is 34.5 Å².